The van der Waals surface area contributed by atoms with Crippen LogP contribution in [0.1, 0.15) is 18.4 Å². The molecule has 0 atom stereocenters. The normalized spacial score (nSPS) is 14.4. The molecule has 0 amide bonds. The molecule has 0 bridgehead atoms. The smallest absolute Gasteiger partial charge is 0.123 e. The lowest BCUT2D eigenvalue weighted by atomic mass is 10.0. The van der Waals surface area contributed by atoms with E-state index in [1.165, 1.54) is 17.5 Å². The van der Waals surface area contributed by atoms with Crippen LogP contribution in [0.5, 0.6) is 5.75 Å². The van der Waals surface area contributed by atoms with Crippen LogP contribution in [0.25, 0.3) is 11.1 Å². The number of nitrogen functional groups attached to an aromatic ring is 1. The maximum absolute atomic E-state index is 5.72. The van der Waals surface area contributed by atoms with Gasteiger partial charge in [-0.25, -0.2) is 4.98 Å². The summed E-state index contributed by atoms with van der Waals surface area (Å²) in [5.74, 6) is 1.58. The van der Waals surface area contributed by atoms with Gasteiger partial charge in [-0.1, -0.05) is 6.07 Å². The van der Waals surface area contributed by atoms with E-state index in [1.807, 2.05) is 18.3 Å². The zero-order valence-corrected chi connectivity index (χ0v) is 10.2. The van der Waals surface area contributed by atoms with Crippen molar-refractivity contribution in [2.75, 3.05) is 12.3 Å². The highest BCUT2D eigenvalue weighted by atomic mass is 16.5. The zero-order valence-electron chi connectivity index (χ0n) is 10.2. The van der Waals surface area contributed by atoms with E-state index in [1.54, 1.807) is 0 Å². The summed E-state index contributed by atoms with van der Waals surface area (Å²) < 4.78 is 5.72. The van der Waals surface area contributed by atoms with Crippen LogP contribution in [0.2, 0.25) is 0 Å². The second kappa shape index (κ2) is 4.69. The molecule has 1 aromatic heterocycles. The molecular formula is C15H16N2O. The van der Waals surface area contributed by atoms with Gasteiger partial charge in [-0.2, -0.15) is 0 Å². The van der Waals surface area contributed by atoms with Crippen molar-refractivity contribution in [3.63, 3.8) is 0 Å². The van der Waals surface area contributed by atoms with Gasteiger partial charge in [0, 0.05) is 11.8 Å². The van der Waals surface area contributed by atoms with Crippen molar-refractivity contribution < 1.29 is 4.74 Å². The van der Waals surface area contributed by atoms with Crippen molar-refractivity contribution in [3.05, 3.63) is 42.1 Å². The van der Waals surface area contributed by atoms with E-state index < -0.39 is 0 Å². The van der Waals surface area contributed by atoms with Crippen molar-refractivity contribution in [2.45, 2.75) is 19.3 Å². The Morgan fingerprint density at radius 3 is 2.78 bits per heavy atom. The Morgan fingerprint density at radius 1 is 1.06 bits per heavy atom. The number of nitrogens with two attached hydrogens (primary N) is 1. The fraction of sp³-hybridized carbons (Fsp3) is 0.267. The molecule has 0 saturated heterocycles. The van der Waals surface area contributed by atoms with E-state index in [9.17, 15) is 0 Å². The molecule has 0 fully saturated rings. The van der Waals surface area contributed by atoms with Crippen molar-refractivity contribution in [3.8, 4) is 16.9 Å². The highest BCUT2D eigenvalue weighted by Gasteiger charge is 2.10. The number of hydrogen-bond donors (Lipinski definition) is 1. The van der Waals surface area contributed by atoms with Crippen molar-refractivity contribution in [2.24, 2.45) is 0 Å². The van der Waals surface area contributed by atoms with Crippen LogP contribution < -0.4 is 10.5 Å². The first-order valence-electron chi connectivity index (χ1n) is 6.30. The number of anilines is 1. The minimum Gasteiger partial charge on any atom is -0.493 e. The predicted molar refractivity (Wildman–Crippen MR) is 72.5 cm³/mol. The number of nitrogens with zero attached hydrogens (tertiary/aromatic N) is 1. The Balaban J connectivity index is 1.98. The number of ether oxygens (including phenoxy) is 1. The van der Waals surface area contributed by atoms with Gasteiger partial charge in [0.25, 0.3) is 0 Å². The monoisotopic (exact) mass is 240 g/mol. The maximum atomic E-state index is 5.72. The van der Waals surface area contributed by atoms with Gasteiger partial charge in [0.15, 0.2) is 0 Å². The van der Waals surface area contributed by atoms with Crippen LogP contribution in [0, 0.1) is 0 Å². The van der Waals surface area contributed by atoms with Crippen LogP contribution >= 0.6 is 0 Å². The van der Waals surface area contributed by atoms with Gasteiger partial charge >= 0.3 is 0 Å². The Kier molecular flexibility index (Phi) is 2.89. The zero-order chi connectivity index (χ0) is 12.4. The van der Waals surface area contributed by atoms with E-state index in [4.69, 9.17) is 10.5 Å². The van der Waals surface area contributed by atoms with Gasteiger partial charge in [-0.15, -0.1) is 0 Å². The van der Waals surface area contributed by atoms with Gasteiger partial charge in [0.1, 0.15) is 11.6 Å². The Labute approximate surface area is 107 Å². The highest BCUT2D eigenvalue weighted by Crippen LogP contribution is 2.29. The van der Waals surface area contributed by atoms with Gasteiger partial charge < -0.3 is 10.5 Å². The third-order valence-corrected chi connectivity index (χ3v) is 3.28. The molecule has 1 aromatic carbocycles. The molecule has 1 aliphatic heterocycles. The molecule has 3 nitrogen and oxygen atoms in total. The summed E-state index contributed by atoms with van der Waals surface area (Å²) in [5, 5.41) is 0. The summed E-state index contributed by atoms with van der Waals surface area (Å²) >= 11 is 0. The standard InChI is InChI=1S/C15H16N2O/c16-15-7-5-13(10-17-15)11-4-6-14-12(9-11)3-1-2-8-18-14/h4-7,9-10H,1-3,8H2,(H2,16,17). The maximum Gasteiger partial charge on any atom is 0.123 e. The number of aromatic nitrogens is 1. The number of aryl methyl sites for hydroxylation is 1. The lowest BCUT2D eigenvalue weighted by molar-refractivity contribution is 0.317. The fourth-order valence-corrected chi connectivity index (χ4v) is 2.27. The number of hydrogen-bond acceptors (Lipinski definition) is 3. The van der Waals surface area contributed by atoms with Gasteiger partial charge in [-0.3, -0.25) is 0 Å². The van der Waals surface area contributed by atoms with Crippen LogP contribution in [0.4, 0.5) is 5.82 Å². The van der Waals surface area contributed by atoms with Crippen molar-refractivity contribution in [1.29, 1.82) is 0 Å². The third-order valence-electron chi connectivity index (χ3n) is 3.28. The molecule has 0 unspecified atom stereocenters. The fourth-order valence-electron chi connectivity index (χ4n) is 2.27. The second-order valence-corrected chi connectivity index (χ2v) is 4.60. The predicted octanol–water partition coefficient (Wildman–Crippen LogP) is 3.05. The van der Waals surface area contributed by atoms with Gasteiger partial charge in [-0.05, 0) is 54.7 Å². The summed E-state index contributed by atoms with van der Waals surface area (Å²) in [4.78, 5) is 4.13. The molecule has 3 rings (SSSR count). The van der Waals surface area contributed by atoms with E-state index in [-0.39, 0.29) is 0 Å². The molecule has 2 N–H and O–H groups in total. The summed E-state index contributed by atoms with van der Waals surface area (Å²) in [6.45, 7) is 0.829. The average molecular weight is 240 g/mol. The molecule has 92 valence electrons. The Morgan fingerprint density at radius 2 is 1.94 bits per heavy atom. The Hall–Kier alpha value is -2.03. The molecule has 18 heavy (non-hydrogen) atoms. The summed E-state index contributed by atoms with van der Waals surface area (Å²) in [5.41, 5.74) is 9.17. The van der Waals surface area contributed by atoms with Crippen molar-refractivity contribution in [1.82, 2.24) is 4.98 Å². The minimum atomic E-state index is 0.553. The van der Waals surface area contributed by atoms with E-state index in [0.29, 0.717) is 5.82 Å². The highest BCUT2D eigenvalue weighted by molar-refractivity contribution is 5.65. The van der Waals surface area contributed by atoms with Gasteiger partial charge in [0.2, 0.25) is 0 Å². The quantitative estimate of drug-likeness (QED) is 0.833. The van der Waals surface area contributed by atoms with E-state index >= 15 is 0 Å². The molecular weight excluding hydrogens is 224 g/mol. The van der Waals surface area contributed by atoms with E-state index in [2.05, 4.69) is 23.2 Å². The topological polar surface area (TPSA) is 48.1 Å². The lowest BCUT2D eigenvalue weighted by Gasteiger charge is -2.09. The SMILES string of the molecule is Nc1ccc(-c2ccc3c(c2)CCCCO3)cn1. The average Bonchev–Trinajstić information content (AvgIpc) is 2.64. The summed E-state index contributed by atoms with van der Waals surface area (Å²) in [6.07, 6.45) is 5.23. The van der Waals surface area contributed by atoms with Crippen LogP contribution in [0.15, 0.2) is 36.5 Å². The molecule has 1 aliphatic rings. The molecule has 0 saturated carbocycles. The Bertz CT molecular complexity index is 549. The molecule has 0 aliphatic carbocycles. The minimum absolute atomic E-state index is 0.553. The molecule has 0 radical (unpaired) electrons. The molecule has 0 spiro atoms. The van der Waals surface area contributed by atoms with Crippen LogP contribution in [-0.4, -0.2) is 11.6 Å². The number of benzene rings is 1. The number of pyridine rings is 1. The first-order valence-corrected chi connectivity index (χ1v) is 6.30. The van der Waals surface area contributed by atoms with Crippen molar-refractivity contribution >= 4 is 5.82 Å². The number of rotatable bonds is 1. The molecule has 2 aromatic rings. The summed E-state index contributed by atoms with van der Waals surface area (Å²) in [7, 11) is 0. The first kappa shape index (κ1) is 11.1. The van der Waals surface area contributed by atoms with Crippen LogP contribution in [-0.2, 0) is 6.42 Å². The summed E-state index contributed by atoms with van der Waals surface area (Å²) in [6, 6.07) is 10.2. The van der Waals surface area contributed by atoms with Gasteiger partial charge in [0.05, 0.1) is 6.61 Å². The van der Waals surface area contributed by atoms with E-state index in [0.717, 1.165) is 30.8 Å². The number of fused-ring (bicyclic) bond motifs is 1. The largest absolute Gasteiger partial charge is 0.493 e. The second-order valence-electron chi connectivity index (χ2n) is 4.60. The van der Waals surface area contributed by atoms with Crippen LogP contribution in [0.3, 0.4) is 0 Å². The lowest BCUT2D eigenvalue weighted by Crippen LogP contribution is -1.95. The third kappa shape index (κ3) is 2.16. The molecule has 3 heteroatoms. The first-order chi connectivity index (χ1) is 8.83. The molecule has 2 heterocycles.